The fourth-order valence-corrected chi connectivity index (χ4v) is 4.34. The third-order valence-corrected chi connectivity index (χ3v) is 6.29. The maximum Gasteiger partial charge on any atom is 0.238 e. The van der Waals surface area contributed by atoms with Crippen LogP contribution in [-0.4, -0.2) is 54.1 Å². The highest BCUT2D eigenvalue weighted by Gasteiger charge is 2.25. The number of primary sulfonamides is 1. The van der Waals surface area contributed by atoms with Crippen LogP contribution >= 0.6 is 0 Å². The van der Waals surface area contributed by atoms with Gasteiger partial charge in [0.05, 0.1) is 35.7 Å². The summed E-state index contributed by atoms with van der Waals surface area (Å²) in [4.78, 5) is 9.45. The summed E-state index contributed by atoms with van der Waals surface area (Å²) in [7, 11) is -3.75. The molecule has 5 rings (SSSR count). The van der Waals surface area contributed by atoms with Crippen molar-refractivity contribution in [1.29, 1.82) is 0 Å². The van der Waals surface area contributed by atoms with E-state index in [9.17, 15) is 8.42 Å². The van der Waals surface area contributed by atoms with E-state index in [0.29, 0.717) is 24.7 Å². The molecule has 1 aliphatic rings. The molecule has 2 aromatic carbocycles. The molecular weight excluding hydrogens is 428 g/mol. The second-order valence-corrected chi connectivity index (χ2v) is 8.93. The molecule has 0 atom stereocenters. The van der Waals surface area contributed by atoms with Gasteiger partial charge < -0.3 is 4.74 Å². The Morgan fingerprint density at radius 2 is 1.69 bits per heavy atom. The second kappa shape index (κ2) is 8.32. The van der Waals surface area contributed by atoms with Crippen molar-refractivity contribution in [3.05, 3.63) is 73.2 Å². The molecule has 1 aliphatic heterocycles. The van der Waals surface area contributed by atoms with Crippen LogP contribution in [0, 0.1) is 0 Å². The van der Waals surface area contributed by atoms with Crippen molar-refractivity contribution >= 4 is 27.2 Å². The van der Waals surface area contributed by atoms with Crippen LogP contribution in [0.15, 0.2) is 78.1 Å². The summed E-state index contributed by atoms with van der Waals surface area (Å²) < 4.78 is 30.7. The van der Waals surface area contributed by atoms with E-state index >= 15 is 0 Å². The number of para-hydroxylation sites is 1. The van der Waals surface area contributed by atoms with E-state index in [1.807, 2.05) is 40.9 Å². The SMILES string of the molecule is NS(=O)(=O)c1ccc(-c2cnc(N(c3ccccc3)N3CCOCC3)c3nccn23)cc1. The number of fused-ring (bicyclic) bond motifs is 1. The van der Waals surface area contributed by atoms with Gasteiger partial charge in [-0.1, -0.05) is 30.3 Å². The third-order valence-electron chi connectivity index (χ3n) is 5.36. The molecule has 0 aliphatic carbocycles. The number of imidazole rings is 1. The van der Waals surface area contributed by atoms with Gasteiger partial charge in [0.1, 0.15) is 0 Å². The van der Waals surface area contributed by atoms with E-state index in [0.717, 1.165) is 30.0 Å². The number of rotatable bonds is 5. The lowest BCUT2D eigenvalue weighted by molar-refractivity contribution is 0.0376. The summed E-state index contributed by atoms with van der Waals surface area (Å²) in [5, 5.41) is 9.51. The highest BCUT2D eigenvalue weighted by atomic mass is 32.2. The van der Waals surface area contributed by atoms with Gasteiger partial charge in [-0.25, -0.2) is 28.5 Å². The van der Waals surface area contributed by atoms with Crippen molar-refractivity contribution < 1.29 is 13.2 Å². The first-order valence-corrected chi connectivity index (χ1v) is 11.7. The first-order chi connectivity index (χ1) is 15.5. The van der Waals surface area contributed by atoms with Crippen LogP contribution in [0.4, 0.5) is 11.5 Å². The van der Waals surface area contributed by atoms with Gasteiger partial charge in [0.15, 0.2) is 11.5 Å². The molecule has 10 heteroatoms. The predicted molar refractivity (Wildman–Crippen MR) is 121 cm³/mol. The summed E-state index contributed by atoms with van der Waals surface area (Å²) in [6, 6.07) is 16.5. The number of nitrogens with two attached hydrogens (primary N) is 1. The highest BCUT2D eigenvalue weighted by molar-refractivity contribution is 7.89. The third kappa shape index (κ3) is 3.84. The zero-order valence-electron chi connectivity index (χ0n) is 17.2. The van der Waals surface area contributed by atoms with Crippen LogP contribution in [-0.2, 0) is 14.8 Å². The fourth-order valence-electron chi connectivity index (χ4n) is 3.83. The quantitative estimate of drug-likeness (QED) is 0.498. The van der Waals surface area contributed by atoms with Gasteiger partial charge in [0, 0.05) is 31.0 Å². The van der Waals surface area contributed by atoms with Gasteiger partial charge in [-0.05, 0) is 24.3 Å². The number of nitrogens with zero attached hydrogens (tertiary/aromatic N) is 5. The molecule has 164 valence electrons. The number of hydrogen-bond acceptors (Lipinski definition) is 7. The van der Waals surface area contributed by atoms with Crippen LogP contribution in [0.3, 0.4) is 0 Å². The smallest absolute Gasteiger partial charge is 0.238 e. The van der Waals surface area contributed by atoms with Crippen molar-refractivity contribution in [1.82, 2.24) is 19.4 Å². The highest BCUT2D eigenvalue weighted by Crippen LogP contribution is 2.32. The Bertz CT molecular complexity index is 1330. The van der Waals surface area contributed by atoms with Crippen LogP contribution in [0.2, 0.25) is 0 Å². The monoisotopic (exact) mass is 450 g/mol. The van der Waals surface area contributed by atoms with Crippen molar-refractivity contribution in [2.75, 3.05) is 31.3 Å². The summed E-state index contributed by atoms with van der Waals surface area (Å²) in [5.41, 5.74) is 3.26. The Balaban J connectivity index is 1.62. The van der Waals surface area contributed by atoms with Gasteiger partial charge in [-0.15, -0.1) is 0 Å². The Morgan fingerprint density at radius 1 is 0.969 bits per heavy atom. The molecule has 1 fully saturated rings. The van der Waals surface area contributed by atoms with E-state index in [2.05, 4.69) is 15.0 Å². The maximum atomic E-state index is 11.6. The van der Waals surface area contributed by atoms with Crippen molar-refractivity contribution in [3.8, 4) is 11.3 Å². The first kappa shape index (κ1) is 20.6. The van der Waals surface area contributed by atoms with Crippen molar-refractivity contribution in [2.45, 2.75) is 4.90 Å². The van der Waals surface area contributed by atoms with Crippen molar-refractivity contribution in [2.24, 2.45) is 5.14 Å². The van der Waals surface area contributed by atoms with Crippen LogP contribution in [0.25, 0.3) is 16.9 Å². The average Bonchev–Trinajstić information content (AvgIpc) is 3.31. The minimum atomic E-state index is -3.75. The number of sulfonamides is 1. The maximum absolute atomic E-state index is 11.6. The standard InChI is InChI=1S/C22H22N6O3S/c23-32(29,30)19-8-6-17(7-9-19)20-16-25-22(21-24-10-11-27(20)21)28(18-4-2-1-3-5-18)26-12-14-31-15-13-26/h1-11,16H,12-15H2,(H2,23,29,30). The fraction of sp³-hybridized carbons (Fsp3) is 0.182. The predicted octanol–water partition coefficient (Wildman–Crippen LogP) is 2.43. The molecule has 9 nitrogen and oxygen atoms in total. The molecule has 1 saturated heterocycles. The number of hydrogen-bond donors (Lipinski definition) is 1. The van der Waals surface area contributed by atoms with Gasteiger partial charge in [-0.3, -0.25) is 9.41 Å². The Labute approximate surface area is 185 Å². The van der Waals surface area contributed by atoms with Gasteiger partial charge in [0.25, 0.3) is 0 Å². The topological polar surface area (TPSA) is 106 Å². The number of hydrazine groups is 1. The molecule has 0 amide bonds. The van der Waals surface area contributed by atoms with Crippen LogP contribution < -0.4 is 10.1 Å². The van der Waals surface area contributed by atoms with E-state index in [1.165, 1.54) is 12.1 Å². The van der Waals surface area contributed by atoms with Gasteiger partial charge >= 0.3 is 0 Å². The zero-order chi connectivity index (χ0) is 22.1. The lowest BCUT2D eigenvalue weighted by Crippen LogP contribution is -2.47. The number of benzene rings is 2. The van der Waals surface area contributed by atoms with E-state index in [4.69, 9.17) is 14.9 Å². The number of aromatic nitrogens is 3. The zero-order valence-corrected chi connectivity index (χ0v) is 18.0. The van der Waals surface area contributed by atoms with Crippen molar-refractivity contribution in [3.63, 3.8) is 0 Å². The minimum absolute atomic E-state index is 0.0651. The molecular formula is C22H22N6O3S. The molecule has 4 aromatic rings. The van der Waals surface area contributed by atoms with Gasteiger partial charge in [-0.2, -0.15) is 0 Å². The Kier molecular flexibility index (Phi) is 5.35. The number of ether oxygens (including phenoxy) is 1. The summed E-state index contributed by atoms with van der Waals surface area (Å²) in [5.74, 6) is 0.702. The molecule has 2 N–H and O–H groups in total. The van der Waals surface area contributed by atoms with E-state index < -0.39 is 10.0 Å². The Morgan fingerprint density at radius 3 is 2.38 bits per heavy atom. The molecule has 0 saturated carbocycles. The molecule has 3 heterocycles. The minimum Gasteiger partial charge on any atom is -0.379 e. The first-order valence-electron chi connectivity index (χ1n) is 10.2. The van der Waals surface area contributed by atoms with Crippen LogP contribution in [0.1, 0.15) is 0 Å². The number of anilines is 2. The average molecular weight is 451 g/mol. The summed E-state index contributed by atoms with van der Waals surface area (Å²) in [6.45, 7) is 2.76. The second-order valence-electron chi connectivity index (χ2n) is 7.37. The molecule has 0 unspecified atom stereocenters. The molecule has 32 heavy (non-hydrogen) atoms. The normalized spacial score (nSPS) is 15.2. The van der Waals surface area contributed by atoms with Gasteiger partial charge in [0.2, 0.25) is 10.0 Å². The molecule has 2 aromatic heterocycles. The van der Waals surface area contributed by atoms with E-state index in [1.54, 1.807) is 24.5 Å². The number of morpholine rings is 1. The lowest BCUT2D eigenvalue weighted by Gasteiger charge is -2.38. The van der Waals surface area contributed by atoms with E-state index in [-0.39, 0.29) is 4.90 Å². The summed E-state index contributed by atoms with van der Waals surface area (Å²) >= 11 is 0. The lowest BCUT2D eigenvalue weighted by atomic mass is 10.1. The largest absolute Gasteiger partial charge is 0.379 e. The Hall–Kier alpha value is -3.31. The summed E-state index contributed by atoms with van der Waals surface area (Å²) in [6.07, 6.45) is 5.36. The molecule has 0 bridgehead atoms. The molecule has 0 radical (unpaired) electrons. The van der Waals surface area contributed by atoms with Crippen LogP contribution in [0.5, 0.6) is 0 Å². The molecule has 0 spiro atoms.